The summed E-state index contributed by atoms with van der Waals surface area (Å²) in [6.07, 6.45) is 3.02. The molecular weight excluding hydrogens is 366 g/mol. The molecule has 0 unspecified atom stereocenters. The number of amides is 1. The zero-order valence-corrected chi connectivity index (χ0v) is 15.6. The summed E-state index contributed by atoms with van der Waals surface area (Å²) in [5, 5.41) is 4.83. The number of thiophene rings is 1. The molecule has 1 amide bonds. The van der Waals surface area contributed by atoms with Crippen LogP contribution in [0, 0.1) is 5.41 Å². The SMILES string of the molecule is Cl.O=C(Nc1ncsc1-c1cccs1)OCC12CCN(CC1)CC2. The van der Waals surface area contributed by atoms with Gasteiger partial charge in [-0.25, -0.2) is 9.78 Å². The maximum absolute atomic E-state index is 12.2. The predicted molar refractivity (Wildman–Crippen MR) is 100 cm³/mol. The molecular formula is C16H20ClN3O2S2. The molecule has 0 spiro atoms. The fourth-order valence-corrected chi connectivity index (χ4v) is 5.00. The van der Waals surface area contributed by atoms with Gasteiger partial charge in [0.05, 0.1) is 17.0 Å². The Bertz CT molecular complexity index is 668. The van der Waals surface area contributed by atoms with Crippen molar-refractivity contribution in [1.82, 2.24) is 9.88 Å². The molecule has 0 saturated carbocycles. The van der Waals surface area contributed by atoms with Crippen molar-refractivity contribution in [2.24, 2.45) is 5.41 Å². The van der Waals surface area contributed by atoms with Crippen molar-refractivity contribution in [3.05, 3.63) is 23.0 Å². The van der Waals surface area contributed by atoms with Gasteiger partial charge in [0.1, 0.15) is 0 Å². The van der Waals surface area contributed by atoms with Crippen LogP contribution in [0.3, 0.4) is 0 Å². The number of nitrogens with one attached hydrogen (secondary N) is 1. The number of piperidine rings is 3. The van der Waals surface area contributed by atoms with Gasteiger partial charge >= 0.3 is 6.09 Å². The van der Waals surface area contributed by atoms with Gasteiger partial charge in [-0.3, -0.25) is 5.32 Å². The third-order valence-electron chi connectivity index (χ3n) is 4.92. The molecule has 2 bridgehead atoms. The molecule has 1 N–H and O–H groups in total. The lowest BCUT2D eigenvalue weighted by Crippen LogP contribution is -2.50. The topological polar surface area (TPSA) is 54.5 Å². The van der Waals surface area contributed by atoms with Crippen LogP contribution in [0.15, 0.2) is 23.0 Å². The number of hydrogen-bond acceptors (Lipinski definition) is 6. The van der Waals surface area contributed by atoms with Crippen molar-refractivity contribution in [3.63, 3.8) is 0 Å². The zero-order chi connectivity index (χ0) is 15.7. The number of anilines is 1. The fraction of sp³-hybridized carbons (Fsp3) is 0.500. The number of nitrogens with zero attached hydrogens (tertiary/aromatic N) is 2. The minimum Gasteiger partial charge on any atom is -0.449 e. The monoisotopic (exact) mass is 385 g/mol. The smallest absolute Gasteiger partial charge is 0.412 e. The van der Waals surface area contributed by atoms with E-state index in [1.807, 2.05) is 17.5 Å². The number of hydrogen-bond donors (Lipinski definition) is 1. The van der Waals surface area contributed by atoms with Gasteiger partial charge in [-0.15, -0.1) is 35.1 Å². The van der Waals surface area contributed by atoms with Crippen LogP contribution in [-0.2, 0) is 4.74 Å². The summed E-state index contributed by atoms with van der Waals surface area (Å²) in [6, 6.07) is 4.03. The van der Waals surface area contributed by atoms with Gasteiger partial charge in [0.2, 0.25) is 0 Å². The molecule has 24 heavy (non-hydrogen) atoms. The normalized spacial score (nSPS) is 25.1. The molecule has 8 heteroatoms. The summed E-state index contributed by atoms with van der Waals surface area (Å²) in [5.74, 6) is 0.596. The van der Waals surface area contributed by atoms with Crippen LogP contribution in [-0.4, -0.2) is 42.2 Å². The Labute approximate surface area is 155 Å². The van der Waals surface area contributed by atoms with E-state index in [2.05, 4.69) is 15.2 Å². The van der Waals surface area contributed by atoms with Crippen LogP contribution >= 0.6 is 35.1 Å². The Balaban J connectivity index is 0.00000169. The van der Waals surface area contributed by atoms with E-state index in [0.29, 0.717) is 12.4 Å². The number of fused-ring (bicyclic) bond motifs is 3. The molecule has 5 rings (SSSR count). The number of aromatic nitrogens is 1. The van der Waals surface area contributed by atoms with Crippen LogP contribution in [0.25, 0.3) is 9.75 Å². The van der Waals surface area contributed by atoms with Crippen LogP contribution < -0.4 is 5.32 Å². The lowest BCUT2D eigenvalue weighted by Gasteiger charge is -2.47. The first kappa shape index (κ1) is 17.7. The quantitative estimate of drug-likeness (QED) is 0.851. The molecule has 3 fully saturated rings. The Kier molecular flexibility index (Phi) is 5.44. The van der Waals surface area contributed by atoms with Crippen LogP contribution in [0.1, 0.15) is 19.3 Å². The summed E-state index contributed by atoms with van der Waals surface area (Å²) in [6.45, 7) is 3.93. The maximum Gasteiger partial charge on any atom is 0.412 e. The highest BCUT2D eigenvalue weighted by molar-refractivity contribution is 7.20. The summed E-state index contributed by atoms with van der Waals surface area (Å²) in [4.78, 5) is 21.0. The van der Waals surface area contributed by atoms with Gasteiger partial charge in [-0.1, -0.05) is 6.07 Å². The predicted octanol–water partition coefficient (Wildman–Crippen LogP) is 4.33. The minimum atomic E-state index is -0.393. The molecule has 0 aromatic carbocycles. The second-order valence-electron chi connectivity index (χ2n) is 6.30. The molecule has 2 aromatic heterocycles. The molecule has 0 atom stereocenters. The Hall–Kier alpha value is -1.15. The Morgan fingerprint density at radius 2 is 2.04 bits per heavy atom. The highest BCUT2D eigenvalue weighted by atomic mass is 35.5. The first-order chi connectivity index (χ1) is 11.2. The summed E-state index contributed by atoms with van der Waals surface area (Å²) in [5.41, 5.74) is 1.95. The first-order valence-electron chi connectivity index (χ1n) is 7.88. The lowest BCUT2D eigenvalue weighted by atomic mass is 9.73. The van der Waals surface area contributed by atoms with E-state index in [1.54, 1.807) is 16.8 Å². The van der Waals surface area contributed by atoms with Crippen molar-refractivity contribution in [3.8, 4) is 9.75 Å². The van der Waals surface area contributed by atoms with Gasteiger partial charge in [-0.2, -0.15) is 0 Å². The third-order valence-corrected chi connectivity index (χ3v) is 6.79. The van der Waals surface area contributed by atoms with E-state index in [4.69, 9.17) is 4.74 Å². The summed E-state index contributed by atoms with van der Waals surface area (Å²) < 4.78 is 5.55. The van der Waals surface area contributed by atoms with E-state index in [9.17, 15) is 4.79 Å². The number of halogens is 1. The third kappa shape index (κ3) is 3.59. The van der Waals surface area contributed by atoms with Gasteiger partial charge in [0, 0.05) is 10.3 Å². The van der Waals surface area contributed by atoms with Crippen molar-refractivity contribution < 1.29 is 9.53 Å². The Morgan fingerprint density at radius 3 is 2.71 bits per heavy atom. The molecule has 0 radical (unpaired) electrons. The molecule has 5 nitrogen and oxygen atoms in total. The zero-order valence-electron chi connectivity index (χ0n) is 13.2. The summed E-state index contributed by atoms with van der Waals surface area (Å²) in [7, 11) is 0. The van der Waals surface area contributed by atoms with E-state index < -0.39 is 6.09 Å². The van der Waals surface area contributed by atoms with Crippen molar-refractivity contribution in [2.75, 3.05) is 31.6 Å². The van der Waals surface area contributed by atoms with Gasteiger partial charge in [0.15, 0.2) is 5.82 Å². The number of thiazole rings is 1. The van der Waals surface area contributed by atoms with E-state index in [-0.39, 0.29) is 17.8 Å². The number of rotatable bonds is 4. The number of ether oxygens (including phenoxy) is 1. The second kappa shape index (κ2) is 7.39. The minimum absolute atomic E-state index is 0. The molecule has 0 aliphatic carbocycles. The van der Waals surface area contributed by atoms with Crippen molar-refractivity contribution in [1.29, 1.82) is 0 Å². The first-order valence-corrected chi connectivity index (χ1v) is 9.64. The summed E-state index contributed by atoms with van der Waals surface area (Å²) >= 11 is 3.17. The van der Waals surface area contributed by atoms with Crippen LogP contribution in [0.2, 0.25) is 0 Å². The van der Waals surface area contributed by atoms with Crippen LogP contribution in [0.4, 0.5) is 10.6 Å². The number of carbonyl (C=O) groups excluding carboxylic acids is 1. The highest BCUT2D eigenvalue weighted by Gasteiger charge is 2.40. The Morgan fingerprint density at radius 1 is 1.29 bits per heavy atom. The highest BCUT2D eigenvalue weighted by Crippen LogP contribution is 2.40. The van der Waals surface area contributed by atoms with Crippen molar-refractivity contribution >= 4 is 47.0 Å². The molecule has 3 saturated heterocycles. The van der Waals surface area contributed by atoms with Crippen molar-refractivity contribution in [2.45, 2.75) is 19.3 Å². The second-order valence-corrected chi connectivity index (χ2v) is 8.10. The maximum atomic E-state index is 12.2. The van der Waals surface area contributed by atoms with E-state index in [0.717, 1.165) is 48.7 Å². The molecule has 3 aliphatic heterocycles. The molecule has 130 valence electrons. The number of carbonyl (C=O) groups is 1. The molecule has 5 heterocycles. The van der Waals surface area contributed by atoms with Gasteiger partial charge < -0.3 is 9.64 Å². The van der Waals surface area contributed by atoms with Gasteiger partial charge in [0.25, 0.3) is 0 Å². The largest absolute Gasteiger partial charge is 0.449 e. The average Bonchev–Trinajstić information content (AvgIpc) is 3.26. The molecule has 3 aliphatic rings. The molecule has 2 aromatic rings. The van der Waals surface area contributed by atoms with E-state index in [1.165, 1.54) is 11.3 Å². The lowest BCUT2D eigenvalue weighted by molar-refractivity contribution is -0.0190. The average molecular weight is 386 g/mol. The fourth-order valence-electron chi connectivity index (χ4n) is 3.38. The standard InChI is InChI=1S/C16H19N3O2S2.ClH/c20-15(21-10-16-3-6-19(7-4-16)8-5-16)18-14-13(23-11-17-14)12-2-1-9-22-12;/h1-2,9,11H,3-8,10H2,(H,18,20);1H. The van der Waals surface area contributed by atoms with E-state index >= 15 is 0 Å². The van der Waals surface area contributed by atoms with Crippen LogP contribution in [0.5, 0.6) is 0 Å². The van der Waals surface area contributed by atoms with Gasteiger partial charge in [-0.05, 0) is 50.3 Å².